The van der Waals surface area contributed by atoms with Crippen LogP contribution in [0.1, 0.15) is 87.6 Å². The number of hydrogen-bond acceptors (Lipinski definition) is 2. The minimum Gasteiger partial charge on any atom is -0.459 e. The summed E-state index contributed by atoms with van der Waals surface area (Å²) in [5, 5.41) is 0. The summed E-state index contributed by atoms with van der Waals surface area (Å²) in [6.45, 7) is 4.08. The van der Waals surface area contributed by atoms with E-state index in [1.807, 2.05) is 6.92 Å². The normalized spacial score (nSPS) is 12.8. The number of carbonyl (C=O) groups excluding carboxylic acids is 1. The van der Waals surface area contributed by atoms with Crippen LogP contribution in [0.5, 0.6) is 0 Å². The van der Waals surface area contributed by atoms with Crippen LogP contribution in [0.25, 0.3) is 0 Å². The summed E-state index contributed by atoms with van der Waals surface area (Å²) < 4.78 is 57.7. The molecule has 0 aromatic heterocycles. The second-order valence-electron chi connectivity index (χ2n) is 6.54. The number of esters is 1. The summed E-state index contributed by atoms with van der Waals surface area (Å²) in [6, 6.07) is 2.66. The number of halogens is 4. The van der Waals surface area contributed by atoms with Gasteiger partial charge in [-0.1, -0.05) is 58.4 Å². The van der Waals surface area contributed by atoms with E-state index >= 15 is 0 Å². The molecular weight excluding hydrogens is 348 g/mol. The molecular formula is C20H28F4O2. The first kappa shape index (κ1) is 22.5. The minimum absolute atomic E-state index is 0.396. The van der Waals surface area contributed by atoms with Crippen molar-refractivity contribution in [2.45, 2.75) is 83.9 Å². The molecule has 148 valence electrons. The lowest BCUT2D eigenvalue weighted by molar-refractivity contribution is -0.140. The largest absolute Gasteiger partial charge is 0.459 e. The topological polar surface area (TPSA) is 26.3 Å². The van der Waals surface area contributed by atoms with E-state index in [9.17, 15) is 22.4 Å². The maximum absolute atomic E-state index is 14.1. The monoisotopic (exact) mass is 376 g/mol. The van der Waals surface area contributed by atoms with E-state index in [2.05, 4.69) is 6.92 Å². The lowest BCUT2D eigenvalue weighted by Crippen LogP contribution is -2.20. The van der Waals surface area contributed by atoms with Gasteiger partial charge in [-0.2, -0.15) is 13.2 Å². The van der Waals surface area contributed by atoms with Gasteiger partial charge >= 0.3 is 12.1 Å². The summed E-state index contributed by atoms with van der Waals surface area (Å²) in [7, 11) is 0. The van der Waals surface area contributed by atoms with E-state index in [1.165, 1.54) is 19.3 Å². The molecule has 0 saturated carbocycles. The van der Waals surface area contributed by atoms with Gasteiger partial charge in [-0.3, -0.25) is 0 Å². The Labute approximate surface area is 152 Å². The van der Waals surface area contributed by atoms with E-state index in [0.717, 1.165) is 37.8 Å². The van der Waals surface area contributed by atoms with Crippen LogP contribution < -0.4 is 0 Å². The highest BCUT2D eigenvalue weighted by Gasteiger charge is 2.36. The highest BCUT2D eigenvalue weighted by Crippen LogP contribution is 2.32. The SMILES string of the molecule is CCCCCCCCC(CCC)OC(=O)c1cccc(C(F)(F)F)c1F. The predicted octanol–water partition coefficient (Wildman–Crippen LogP) is 6.92. The number of ether oxygens (including phenoxy) is 1. The Hall–Kier alpha value is -1.59. The highest BCUT2D eigenvalue weighted by molar-refractivity contribution is 5.90. The zero-order valence-corrected chi connectivity index (χ0v) is 15.5. The van der Waals surface area contributed by atoms with E-state index in [1.54, 1.807) is 0 Å². The molecule has 0 spiro atoms. The van der Waals surface area contributed by atoms with Crippen molar-refractivity contribution in [1.29, 1.82) is 0 Å². The van der Waals surface area contributed by atoms with Crippen LogP contribution in [0.2, 0.25) is 0 Å². The molecule has 0 bridgehead atoms. The molecule has 0 aliphatic rings. The van der Waals surface area contributed by atoms with E-state index < -0.39 is 35.2 Å². The van der Waals surface area contributed by atoms with E-state index in [4.69, 9.17) is 4.74 Å². The molecule has 0 aliphatic carbocycles. The Balaban J connectivity index is 2.67. The fraction of sp³-hybridized carbons (Fsp3) is 0.650. The number of benzene rings is 1. The van der Waals surface area contributed by atoms with Gasteiger partial charge in [0.15, 0.2) is 0 Å². The molecule has 0 fully saturated rings. The molecule has 1 aromatic carbocycles. The van der Waals surface area contributed by atoms with Crippen molar-refractivity contribution in [3.63, 3.8) is 0 Å². The minimum atomic E-state index is -4.85. The molecule has 1 rings (SSSR count). The number of alkyl halides is 3. The summed E-state index contributed by atoms with van der Waals surface area (Å²) in [6.07, 6.45) is 3.34. The first-order valence-corrected chi connectivity index (χ1v) is 9.37. The van der Waals surface area contributed by atoms with Gasteiger partial charge in [-0.15, -0.1) is 0 Å². The van der Waals surface area contributed by atoms with Crippen LogP contribution in [-0.2, 0) is 10.9 Å². The summed E-state index contributed by atoms with van der Waals surface area (Å²) in [4.78, 5) is 12.2. The van der Waals surface area contributed by atoms with Gasteiger partial charge in [0.05, 0.1) is 11.1 Å². The second kappa shape index (κ2) is 11.2. The van der Waals surface area contributed by atoms with Gasteiger partial charge in [-0.05, 0) is 31.4 Å². The average molecular weight is 376 g/mol. The van der Waals surface area contributed by atoms with E-state index in [0.29, 0.717) is 18.9 Å². The first-order chi connectivity index (χ1) is 12.3. The molecule has 1 unspecified atom stereocenters. The summed E-state index contributed by atoms with van der Waals surface area (Å²) in [5.74, 6) is -2.60. The molecule has 0 aliphatic heterocycles. The maximum Gasteiger partial charge on any atom is 0.419 e. The quantitative estimate of drug-likeness (QED) is 0.238. The number of unbranched alkanes of at least 4 members (excludes halogenated alkanes) is 5. The lowest BCUT2D eigenvalue weighted by atomic mass is 10.0. The van der Waals surface area contributed by atoms with Gasteiger partial charge in [0.1, 0.15) is 11.9 Å². The zero-order valence-electron chi connectivity index (χ0n) is 15.5. The van der Waals surface area contributed by atoms with Gasteiger partial charge in [0, 0.05) is 0 Å². The van der Waals surface area contributed by atoms with Crippen molar-refractivity contribution < 1.29 is 27.1 Å². The van der Waals surface area contributed by atoms with Gasteiger partial charge in [0.25, 0.3) is 0 Å². The predicted molar refractivity (Wildman–Crippen MR) is 93.5 cm³/mol. The molecule has 0 N–H and O–H groups in total. The summed E-state index contributed by atoms with van der Waals surface area (Å²) in [5.41, 5.74) is -2.11. The van der Waals surface area contributed by atoms with E-state index in [-0.39, 0.29) is 0 Å². The number of hydrogen-bond donors (Lipinski definition) is 0. The molecule has 1 aromatic rings. The maximum atomic E-state index is 14.1. The molecule has 6 heteroatoms. The third-order valence-electron chi connectivity index (χ3n) is 4.29. The average Bonchev–Trinajstić information content (AvgIpc) is 2.57. The molecule has 0 radical (unpaired) electrons. The Kier molecular flexibility index (Phi) is 9.66. The molecule has 1 atom stereocenters. The van der Waals surface area contributed by atoms with Crippen LogP contribution in [0.4, 0.5) is 17.6 Å². The van der Waals surface area contributed by atoms with Crippen molar-refractivity contribution >= 4 is 5.97 Å². The van der Waals surface area contributed by atoms with Gasteiger partial charge < -0.3 is 4.74 Å². The smallest absolute Gasteiger partial charge is 0.419 e. The Morgan fingerprint density at radius 1 is 1.00 bits per heavy atom. The molecule has 0 heterocycles. The Morgan fingerprint density at radius 2 is 1.65 bits per heavy atom. The van der Waals surface area contributed by atoms with Gasteiger partial charge in [0.2, 0.25) is 0 Å². The Bertz CT molecular complexity index is 555. The van der Waals surface area contributed by atoms with Crippen LogP contribution in [-0.4, -0.2) is 12.1 Å². The number of carbonyl (C=O) groups is 1. The van der Waals surface area contributed by atoms with Crippen molar-refractivity contribution in [2.75, 3.05) is 0 Å². The molecule has 2 nitrogen and oxygen atoms in total. The fourth-order valence-electron chi connectivity index (χ4n) is 2.86. The second-order valence-corrected chi connectivity index (χ2v) is 6.54. The van der Waals surface area contributed by atoms with Gasteiger partial charge in [-0.25, -0.2) is 9.18 Å². The van der Waals surface area contributed by atoms with Crippen LogP contribution in [0.15, 0.2) is 18.2 Å². The van der Waals surface area contributed by atoms with Crippen molar-refractivity contribution in [2.24, 2.45) is 0 Å². The molecule has 26 heavy (non-hydrogen) atoms. The van der Waals surface area contributed by atoms with Crippen molar-refractivity contribution in [1.82, 2.24) is 0 Å². The summed E-state index contributed by atoms with van der Waals surface area (Å²) >= 11 is 0. The first-order valence-electron chi connectivity index (χ1n) is 9.37. The zero-order chi connectivity index (χ0) is 19.6. The number of rotatable bonds is 11. The molecule has 0 amide bonds. The molecule has 0 saturated heterocycles. The van der Waals surface area contributed by atoms with Crippen LogP contribution in [0.3, 0.4) is 0 Å². The fourth-order valence-corrected chi connectivity index (χ4v) is 2.86. The standard InChI is InChI=1S/C20H28F4O2/c1-3-5-6-7-8-9-12-15(11-4-2)26-19(25)16-13-10-14-17(18(16)21)20(22,23)24/h10,13-15H,3-9,11-12H2,1-2H3. The highest BCUT2D eigenvalue weighted by atomic mass is 19.4. The van der Waals surface area contributed by atoms with Crippen LogP contribution in [0, 0.1) is 5.82 Å². The lowest BCUT2D eigenvalue weighted by Gasteiger charge is -2.18. The third kappa shape index (κ3) is 7.34. The van der Waals surface area contributed by atoms with Crippen molar-refractivity contribution in [3.8, 4) is 0 Å². The van der Waals surface area contributed by atoms with Crippen molar-refractivity contribution in [3.05, 3.63) is 35.1 Å². The third-order valence-corrected chi connectivity index (χ3v) is 4.29. The Morgan fingerprint density at radius 3 is 2.27 bits per heavy atom. The van der Waals surface area contributed by atoms with Crippen LogP contribution >= 0.6 is 0 Å².